The molecule has 3 rings (SSSR count). The van der Waals surface area contributed by atoms with Gasteiger partial charge < -0.3 is 15.8 Å². The summed E-state index contributed by atoms with van der Waals surface area (Å²) in [6.07, 6.45) is -4.83. The summed E-state index contributed by atoms with van der Waals surface area (Å²) in [6, 6.07) is 9.79. The number of hydrogen-bond donors (Lipinski definition) is 2. The topological polar surface area (TPSA) is 64.4 Å². The molecule has 0 bridgehead atoms. The molecule has 0 spiro atoms. The van der Waals surface area contributed by atoms with E-state index in [1.807, 2.05) is 0 Å². The molecule has 0 aromatic heterocycles. The van der Waals surface area contributed by atoms with Crippen LogP contribution < -0.4 is 15.8 Å². The van der Waals surface area contributed by atoms with E-state index in [9.17, 15) is 18.0 Å². The number of nitrogens with two attached hydrogens (primary N) is 1. The van der Waals surface area contributed by atoms with Gasteiger partial charge in [0, 0.05) is 24.2 Å². The van der Waals surface area contributed by atoms with Crippen molar-refractivity contribution in [3.05, 3.63) is 64.7 Å². The molecule has 0 saturated carbocycles. The number of carbonyl (C=O) groups is 1. The SMILES string of the molecule is NC(=O)c1ccc2c(c1)OC(c1ccc(C(F)(F)F)cc1)CNC2. The highest BCUT2D eigenvalue weighted by atomic mass is 19.4. The van der Waals surface area contributed by atoms with Crippen LogP contribution in [0.2, 0.25) is 0 Å². The highest BCUT2D eigenvalue weighted by Gasteiger charge is 2.30. The molecule has 1 unspecified atom stereocenters. The molecule has 1 aliphatic heterocycles. The number of rotatable bonds is 2. The van der Waals surface area contributed by atoms with Gasteiger partial charge in [-0.25, -0.2) is 0 Å². The molecule has 0 radical (unpaired) electrons. The number of amides is 1. The number of fused-ring (bicyclic) bond motifs is 1. The smallest absolute Gasteiger partial charge is 0.416 e. The van der Waals surface area contributed by atoms with Gasteiger partial charge in [0.2, 0.25) is 5.91 Å². The van der Waals surface area contributed by atoms with Crippen molar-refractivity contribution in [2.45, 2.75) is 18.8 Å². The molecule has 1 atom stereocenters. The average molecular weight is 336 g/mol. The van der Waals surface area contributed by atoms with Crippen molar-refractivity contribution >= 4 is 5.91 Å². The number of halogens is 3. The fourth-order valence-electron chi connectivity index (χ4n) is 2.57. The number of ether oxygens (including phenoxy) is 1. The third-order valence-electron chi connectivity index (χ3n) is 3.88. The Bertz CT molecular complexity index is 757. The Morgan fingerprint density at radius 2 is 1.88 bits per heavy atom. The normalized spacial score (nSPS) is 17.5. The molecule has 1 heterocycles. The van der Waals surface area contributed by atoms with Crippen molar-refractivity contribution in [1.29, 1.82) is 0 Å². The highest BCUT2D eigenvalue weighted by molar-refractivity contribution is 5.93. The lowest BCUT2D eigenvalue weighted by molar-refractivity contribution is -0.137. The van der Waals surface area contributed by atoms with Crippen LogP contribution in [-0.2, 0) is 12.7 Å². The van der Waals surface area contributed by atoms with E-state index in [1.165, 1.54) is 12.1 Å². The van der Waals surface area contributed by atoms with Gasteiger partial charge in [-0.1, -0.05) is 18.2 Å². The second kappa shape index (κ2) is 6.16. The van der Waals surface area contributed by atoms with Crippen molar-refractivity contribution in [1.82, 2.24) is 5.32 Å². The first-order valence-corrected chi connectivity index (χ1v) is 7.32. The lowest BCUT2D eigenvalue weighted by atomic mass is 10.1. The van der Waals surface area contributed by atoms with E-state index in [0.29, 0.717) is 30.0 Å². The largest absolute Gasteiger partial charge is 0.484 e. The van der Waals surface area contributed by atoms with Gasteiger partial charge in [-0.05, 0) is 29.8 Å². The highest BCUT2D eigenvalue weighted by Crippen LogP contribution is 2.32. The summed E-state index contributed by atoms with van der Waals surface area (Å²) in [5.41, 5.74) is 6.36. The third-order valence-corrected chi connectivity index (χ3v) is 3.88. The van der Waals surface area contributed by atoms with E-state index in [2.05, 4.69) is 5.32 Å². The lowest BCUT2D eigenvalue weighted by Crippen LogP contribution is -2.21. The summed E-state index contributed by atoms with van der Waals surface area (Å²) in [5.74, 6) is -0.0640. The van der Waals surface area contributed by atoms with Crippen LogP contribution in [0, 0.1) is 0 Å². The molecule has 7 heteroatoms. The molecule has 0 fully saturated rings. The summed E-state index contributed by atoms with van der Waals surface area (Å²) < 4.78 is 43.9. The van der Waals surface area contributed by atoms with Crippen LogP contribution >= 0.6 is 0 Å². The Balaban J connectivity index is 1.87. The maximum absolute atomic E-state index is 12.7. The molecule has 1 amide bonds. The molecule has 2 aromatic rings. The number of primary amides is 1. The Kier molecular flexibility index (Phi) is 4.19. The first-order valence-electron chi connectivity index (χ1n) is 7.32. The van der Waals surface area contributed by atoms with Gasteiger partial charge in [-0.3, -0.25) is 4.79 Å². The number of benzene rings is 2. The zero-order chi connectivity index (χ0) is 17.3. The second-order valence-corrected chi connectivity index (χ2v) is 5.54. The van der Waals surface area contributed by atoms with Crippen molar-refractivity contribution in [3.63, 3.8) is 0 Å². The van der Waals surface area contributed by atoms with E-state index in [0.717, 1.165) is 17.7 Å². The van der Waals surface area contributed by atoms with Crippen molar-refractivity contribution < 1.29 is 22.7 Å². The minimum atomic E-state index is -4.37. The minimum absolute atomic E-state index is 0.321. The molecule has 0 aliphatic carbocycles. The minimum Gasteiger partial charge on any atom is -0.484 e. The van der Waals surface area contributed by atoms with Gasteiger partial charge >= 0.3 is 6.18 Å². The number of alkyl halides is 3. The van der Waals surface area contributed by atoms with Gasteiger partial charge in [0.15, 0.2) is 0 Å². The Hall–Kier alpha value is -2.54. The number of hydrogen-bond acceptors (Lipinski definition) is 3. The molecule has 4 nitrogen and oxygen atoms in total. The molecule has 126 valence electrons. The Morgan fingerprint density at radius 3 is 2.50 bits per heavy atom. The van der Waals surface area contributed by atoms with Crippen molar-refractivity contribution in [2.24, 2.45) is 5.73 Å². The summed E-state index contributed by atoms with van der Waals surface area (Å²) in [5, 5.41) is 3.18. The maximum atomic E-state index is 12.7. The summed E-state index contributed by atoms with van der Waals surface area (Å²) in [7, 11) is 0. The van der Waals surface area contributed by atoms with Gasteiger partial charge in [0.05, 0.1) is 5.56 Å². The van der Waals surface area contributed by atoms with Crippen LogP contribution in [0.15, 0.2) is 42.5 Å². The molecule has 1 aliphatic rings. The molecular formula is C17H15F3N2O2. The predicted molar refractivity (Wildman–Crippen MR) is 81.5 cm³/mol. The third kappa shape index (κ3) is 3.35. The molecule has 2 aromatic carbocycles. The van der Waals surface area contributed by atoms with E-state index in [-0.39, 0.29) is 0 Å². The lowest BCUT2D eigenvalue weighted by Gasteiger charge is -2.18. The monoisotopic (exact) mass is 336 g/mol. The van der Waals surface area contributed by atoms with E-state index >= 15 is 0 Å². The van der Waals surface area contributed by atoms with Crippen LogP contribution in [0.5, 0.6) is 5.75 Å². The second-order valence-electron chi connectivity index (χ2n) is 5.54. The van der Waals surface area contributed by atoms with Crippen LogP contribution in [0.25, 0.3) is 0 Å². The van der Waals surface area contributed by atoms with E-state index < -0.39 is 23.8 Å². The van der Waals surface area contributed by atoms with Gasteiger partial charge in [-0.2, -0.15) is 13.2 Å². The average Bonchev–Trinajstić information content (AvgIpc) is 2.75. The zero-order valence-corrected chi connectivity index (χ0v) is 12.6. The van der Waals surface area contributed by atoms with Crippen LogP contribution in [0.1, 0.15) is 33.2 Å². The predicted octanol–water partition coefficient (Wildman–Crippen LogP) is 3.03. The quantitative estimate of drug-likeness (QED) is 0.886. The van der Waals surface area contributed by atoms with Gasteiger partial charge in [0.25, 0.3) is 0 Å². The van der Waals surface area contributed by atoms with Crippen molar-refractivity contribution in [2.75, 3.05) is 6.54 Å². The van der Waals surface area contributed by atoms with E-state index in [1.54, 1.807) is 18.2 Å². The molecular weight excluding hydrogens is 321 g/mol. The zero-order valence-electron chi connectivity index (χ0n) is 12.6. The van der Waals surface area contributed by atoms with Crippen LogP contribution in [-0.4, -0.2) is 12.5 Å². The molecule has 0 saturated heterocycles. The summed E-state index contributed by atoms with van der Waals surface area (Å²) in [6.45, 7) is 0.970. The number of carbonyl (C=O) groups excluding carboxylic acids is 1. The Morgan fingerprint density at radius 1 is 1.17 bits per heavy atom. The fraction of sp³-hybridized carbons (Fsp3) is 0.235. The standard InChI is InChI=1S/C17H15F3N2O2/c18-17(19,20)13-5-3-10(4-6-13)15-9-22-8-12-2-1-11(16(21)23)7-14(12)24-15/h1-7,15,22H,8-9H2,(H2,21,23). The van der Waals surface area contributed by atoms with Crippen LogP contribution in [0.4, 0.5) is 13.2 Å². The van der Waals surface area contributed by atoms with Gasteiger partial charge in [-0.15, -0.1) is 0 Å². The summed E-state index contributed by atoms with van der Waals surface area (Å²) >= 11 is 0. The summed E-state index contributed by atoms with van der Waals surface area (Å²) in [4.78, 5) is 11.3. The Labute approximate surface area is 136 Å². The van der Waals surface area contributed by atoms with Gasteiger partial charge in [0.1, 0.15) is 11.9 Å². The molecule has 3 N–H and O–H groups in total. The van der Waals surface area contributed by atoms with Crippen molar-refractivity contribution in [3.8, 4) is 5.75 Å². The first-order chi connectivity index (χ1) is 11.3. The molecule has 24 heavy (non-hydrogen) atoms. The first kappa shape index (κ1) is 16.3. The number of nitrogens with one attached hydrogen (secondary N) is 1. The van der Waals surface area contributed by atoms with E-state index in [4.69, 9.17) is 10.5 Å². The van der Waals surface area contributed by atoms with Crippen LogP contribution in [0.3, 0.4) is 0 Å². The maximum Gasteiger partial charge on any atom is 0.416 e. The fourth-order valence-corrected chi connectivity index (χ4v) is 2.57.